The summed E-state index contributed by atoms with van der Waals surface area (Å²) in [5.74, 6) is -0.352. The lowest BCUT2D eigenvalue weighted by molar-refractivity contribution is -0.155. The number of esters is 2. The van der Waals surface area contributed by atoms with Gasteiger partial charge in [-0.05, 0) is 31.6 Å². The Kier molecular flexibility index (Phi) is 6.19. The number of hydrogen-bond donors (Lipinski definition) is 0. The van der Waals surface area contributed by atoms with Gasteiger partial charge in [-0.1, -0.05) is 6.92 Å². The summed E-state index contributed by atoms with van der Waals surface area (Å²) < 4.78 is 12.6. The average molecular weight is 322 g/mol. The number of aryl methyl sites for hydroxylation is 1. The fourth-order valence-corrected chi connectivity index (χ4v) is 2.68. The number of imidazole rings is 1. The second-order valence-corrected chi connectivity index (χ2v) is 6.35. The largest absolute Gasteiger partial charge is 0.466 e. The average Bonchev–Trinajstić information content (AvgIpc) is 3.26. The summed E-state index contributed by atoms with van der Waals surface area (Å²) in [5.41, 5.74) is 1.01. The van der Waals surface area contributed by atoms with Crippen LogP contribution in [0.15, 0.2) is 12.5 Å². The molecule has 0 N–H and O–H groups in total. The molecule has 1 fully saturated rings. The highest BCUT2D eigenvalue weighted by Crippen LogP contribution is 2.30. The van der Waals surface area contributed by atoms with E-state index in [0.717, 1.165) is 18.5 Å². The van der Waals surface area contributed by atoms with Crippen LogP contribution in [0.4, 0.5) is 0 Å². The van der Waals surface area contributed by atoms with Crippen molar-refractivity contribution in [1.82, 2.24) is 9.55 Å². The topological polar surface area (TPSA) is 70.4 Å². The van der Waals surface area contributed by atoms with E-state index < -0.39 is 0 Å². The molecule has 6 heteroatoms. The summed E-state index contributed by atoms with van der Waals surface area (Å²) in [4.78, 5) is 27.7. The van der Waals surface area contributed by atoms with Crippen LogP contribution >= 0.6 is 0 Å². The van der Waals surface area contributed by atoms with E-state index in [0.29, 0.717) is 25.4 Å². The van der Waals surface area contributed by atoms with Gasteiger partial charge in [0, 0.05) is 31.8 Å². The minimum Gasteiger partial charge on any atom is -0.466 e. The molecule has 1 saturated carbocycles. The van der Waals surface area contributed by atoms with Crippen molar-refractivity contribution in [3.8, 4) is 0 Å². The van der Waals surface area contributed by atoms with Crippen LogP contribution in [0.25, 0.3) is 0 Å². The van der Waals surface area contributed by atoms with Crippen molar-refractivity contribution >= 4 is 11.9 Å². The Morgan fingerprint density at radius 3 is 2.65 bits per heavy atom. The third-order valence-corrected chi connectivity index (χ3v) is 4.36. The maximum Gasteiger partial charge on any atom is 0.309 e. The van der Waals surface area contributed by atoms with E-state index >= 15 is 0 Å². The van der Waals surface area contributed by atoms with Gasteiger partial charge in [-0.2, -0.15) is 0 Å². The SMILES string of the molecule is CC[C@H](C(=O)OCC1CC1)[C@H](COC(C)=O)Cc1cncn1C. The van der Waals surface area contributed by atoms with Crippen LogP contribution in [-0.2, 0) is 32.5 Å². The van der Waals surface area contributed by atoms with Gasteiger partial charge < -0.3 is 14.0 Å². The van der Waals surface area contributed by atoms with Crippen LogP contribution in [0.3, 0.4) is 0 Å². The molecule has 1 aliphatic carbocycles. The van der Waals surface area contributed by atoms with Crippen molar-refractivity contribution in [1.29, 1.82) is 0 Å². The van der Waals surface area contributed by atoms with Crippen LogP contribution < -0.4 is 0 Å². The first-order valence-electron chi connectivity index (χ1n) is 8.26. The Hall–Kier alpha value is -1.85. The lowest BCUT2D eigenvalue weighted by atomic mass is 9.87. The molecule has 0 radical (unpaired) electrons. The molecule has 1 aromatic rings. The zero-order valence-electron chi connectivity index (χ0n) is 14.2. The number of carbonyl (C=O) groups excluding carboxylic acids is 2. The van der Waals surface area contributed by atoms with Gasteiger partial charge >= 0.3 is 11.9 Å². The van der Waals surface area contributed by atoms with Gasteiger partial charge in [-0.3, -0.25) is 9.59 Å². The van der Waals surface area contributed by atoms with Gasteiger partial charge in [-0.15, -0.1) is 0 Å². The maximum absolute atomic E-state index is 12.4. The Balaban J connectivity index is 2.03. The highest BCUT2D eigenvalue weighted by Gasteiger charge is 2.31. The molecule has 0 spiro atoms. The molecule has 2 rings (SSSR count). The van der Waals surface area contributed by atoms with Crippen molar-refractivity contribution < 1.29 is 19.1 Å². The monoisotopic (exact) mass is 322 g/mol. The second-order valence-electron chi connectivity index (χ2n) is 6.35. The van der Waals surface area contributed by atoms with E-state index in [2.05, 4.69) is 4.98 Å². The second kappa shape index (κ2) is 8.13. The third-order valence-electron chi connectivity index (χ3n) is 4.36. The Bertz CT molecular complexity index is 536. The summed E-state index contributed by atoms with van der Waals surface area (Å²) in [6.45, 7) is 4.08. The Morgan fingerprint density at radius 1 is 1.39 bits per heavy atom. The number of carbonyl (C=O) groups is 2. The van der Waals surface area contributed by atoms with Gasteiger partial charge in [0.15, 0.2) is 0 Å². The molecule has 0 aliphatic heterocycles. The van der Waals surface area contributed by atoms with Crippen LogP contribution in [0.1, 0.15) is 38.8 Å². The first-order chi connectivity index (χ1) is 11.0. The Morgan fingerprint density at radius 2 is 2.13 bits per heavy atom. The minimum absolute atomic E-state index is 0.106. The Labute approximate surface area is 137 Å². The molecule has 128 valence electrons. The van der Waals surface area contributed by atoms with Crippen LogP contribution in [0, 0.1) is 17.8 Å². The number of aromatic nitrogens is 2. The molecule has 23 heavy (non-hydrogen) atoms. The van der Waals surface area contributed by atoms with Gasteiger partial charge in [-0.25, -0.2) is 4.98 Å². The third kappa shape index (κ3) is 5.37. The molecule has 2 atom stereocenters. The van der Waals surface area contributed by atoms with Gasteiger partial charge in [0.25, 0.3) is 0 Å². The number of nitrogens with zero attached hydrogens (tertiary/aromatic N) is 2. The molecule has 0 amide bonds. The molecule has 1 aromatic heterocycles. The van der Waals surface area contributed by atoms with E-state index in [9.17, 15) is 9.59 Å². The van der Waals surface area contributed by atoms with E-state index in [4.69, 9.17) is 9.47 Å². The maximum atomic E-state index is 12.4. The van der Waals surface area contributed by atoms with Crippen molar-refractivity contribution in [2.45, 2.75) is 39.5 Å². The zero-order chi connectivity index (χ0) is 16.8. The summed E-state index contributed by atoms with van der Waals surface area (Å²) in [5, 5.41) is 0. The van der Waals surface area contributed by atoms with Gasteiger partial charge in [0.2, 0.25) is 0 Å². The van der Waals surface area contributed by atoms with Crippen LogP contribution in [0.5, 0.6) is 0 Å². The van der Waals surface area contributed by atoms with Gasteiger partial charge in [0.05, 0.1) is 25.5 Å². The fraction of sp³-hybridized carbons (Fsp3) is 0.706. The molecule has 0 bridgehead atoms. The molecule has 1 aliphatic rings. The van der Waals surface area contributed by atoms with Crippen molar-refractivity contribution in [3.05, 3.63) is 18.2 Å². The normalized spacial score (nSPS) is 16.7. The lowest BCUT2D eigenvalue weighted by Gasteiger charge is -2.24. The number of rotatable bonds is 9. The highest BCUT2D eigenvalue weighted by molar-refractivity contribution is 5.73. The zero-order valence-corrected chi connectivity index (χ0v) is 14.2. The van der Waals surface area contributed by atoms with Crippen molar-refractivity contribution in [3.63, 3.8) is 0 Å². The first-order valence-corrected chi connectivity index (χ1v) is 8.26. The summed E-state index contributed by atoms with van der Waals surface area (Å²) >= 11 is 0. The van der Waals surface area contributed by atoms with E-state index in [1.807, 2.05) is 18.5 Å². The molecule has 0 unspecified atom stereocenters. The smallest absolute Gasteiger partial charge is 0.309 e. The van der Waals surface area contributed by atoms with E-state index in [-0.39, 0.29) is 30.4 Å². The van der Waals surface area contributed by atoms with E-state index in [1.54, 1.807) is 12.5 Å². The van der Waals surface area contributed by atoms with Crippen molar-refractivity contribution in [2.75, 3.05) is 13.2 Å². The predicted octanol–water partition coefficient (Wildman–Crippen LogP) is 2.12. The summed E-state index contributed by atoms with van der Waals surface area (Å²) in [6, 6.07) is 0. The summed E-state index contributed by atoms with van der Waals surface area (Å²) in [6.07, 6.45) is 7.09. The number of hydrogen-bond acceptors (Lipinski definition) is 5. The standard InChI is InChI=1S/C17H26N2O4/c1-4-16(17(21)23-9-13-5-6-13)14(10-22-12(2)20)7-15-8-18-11-19(15)3/h8,11,13-14,16H,4-7,9-10H2,1-3H3/t14-,16-/m0/s1. The van der Waals surface area contributed by atoms with Crippen LogP contribution in [-0.4, -0.2) is 34.7 Å². The van der Waals surface area contributed by atoms with E-state index in [1.165, 1.54) is 6.92 Å². The fourth-order valence-electron chi connectivity index (χ4n) is 2.68. The molecule has 6 nitrogen and oxygen atoms in total. The molecular formula is C17H26N2O4. The number of ether oxygens (including phenoxy) is 2. The van der Waals surface area contributed by atoms with Gasteiger partial charge in [0.1, 0.15) is 0 Å². The molecule has 0 saturated heterocycles. The van der Waals surface area contributed by atoms with Crippen LogP contribution in [0.2, 0.25) is 0 Å². The first kappa shape index (κ1) is 17.5. The molecule has 1 heterocycles. The minimum atomic E-state index is -0.332. The molecule has 0 aromatic carbocycles. The lowest BCUT2D eigenvalue weighted by Crippen LogP contribution is -2.31. The molecular weight excluding hydrogens is 296 g/mol. The quantitative estimate of drug-likeness (QED) is 0.651. The predicted molar refractivity (Wildman–Crippen MR) is 84.5 cm³/mol. The highest BCUT2D eigenvalue weighted by atomic mass is 16.5. The summed E-state index contributed by atoms with van der Waals surface area (Å²) in [7, 11) is 1.91. The van der Waals surface area contributed by atoms with Crippen molar-refractivity contribution in [2.24, 2.45) is 24.8 Å².